The van der Waals surface area contributed by atoms with Crippen molar-refractivity contribution < 1.29 is 50.4 Å². The molecule has 0 heterocycles. The molecule has 26 heavy (non-hydrogen) atoms. The molecule has 10 nitrogen and oxygen atoms in total. The van der Waals surface area contributed by atoms with Crippen molar-refractivity contribution in [2.45, 2.75) is 39.5 Å². The lowest BCUT2D eigenvalue weighted by atomic mass is 9.93. The Morgan fingerprint density at radius 3 is 0.962 bits per heavy atom. The molecule has 0 saturated carbocycles. The summed E-state index contributed by atoms with van der Waals surface area (Å²) in [6.07, 6.45) is 1.02. The summed E-state index contributed by atoms with van der Waals surface area (Å²) >= 11 is 0. The van der Waals surface area contributed by atoms with E-state index in [1.54, 1.807) is 13.8 Å². The molecule has 0 aromatic carbocycles. The molecule has 10 heteroatoms. The van der Waals surface area contributed by atoms with Crippen molar-refractivity contribution in [2.75, 3.05) is 39.6 Å². The van der Waals surface area contributed by atoms with E-state index in [1.807, 2.05) is 0 Å². The Kier molecular flexibility index (Phi) is 19.4. The molecule has 8 N–H and O–H groups in total. The number of aliphatic hydroxyl groups is 6. The lowest BCUT2D eigenvalue weighted by molar-refractivity contribution is -0.139. The zero-order valence-corrected chi connectivity index (χ0v) is 15.5. The van der Waals surface area contributed by atoms with Crippen molar-refractivity contribution in [3.63, 3.8) is 0 Å². The first kappa shape index (κ1) is 29.5. The van der Waals surface area contributed by atoms with Crippen LogP contribution < -0.4 is 0 Å². The van der Waals surface area contributed by atoms with Gasteiger partial charge in [0.15, 0.2) is 0 Å². The van der Waals surface area contributed by atoms with Crippen LogP contribution in [0.3, 0.4) is 0 Å². The smallest absolute Gasteiger partial charge is 0.303 e. The Morgan fingerprint density at radius 2 is 0.885 bits per heavy atom. The topological polar surface area (TPSA) is 196 Å². The van der Waals surface area contributed by atoms with Gasteiger partial charge in [0.05, 0.1) is 45.1 Å². The number of hydrogen-bond acceptors (Lipinski definition) is 8. The highest BCUT2D eigenvalue weighted by molar-refractivity contribution is 5.67. The van der Waals surface area contributed by atoms with Crippen LogP contribution in [-0.4, -0.2) is 92.4 Å². The van der Waals surface area contributed by atoms with E-state index in [4.69, 9.17) is 40.9 Å². The number of rotatable bonds is 11. The highest BCUT2D eigenvalue weighted by Gasteiger charge is 2.26. The largest absolute Gasteiger partial charge is 0.481 e. The van der Waals surface area contributed by atoms with Crippen LogP contribution in [0, 0.1) is 10.8 Å². The predicted molar refractivity (Wildman–Crippen MR) is 92.5 cm³/mol. The first-order chi connectivity index (χ1) is 12.0. The second-order valence-electron chi connectivity index (χ2n) is 6.61. The number of carboxylic acid groups (broad SMARTS) is 2. The highest BCUT2D eigenvalue weighted by atomic mass is 16.4. The molecule has 158 valence electrons. The molecule has 0 aliphatic carbocycles. The van der Waals surface area contributed by atoms with Gasteiger partial charge in [0, 0.05) is 18.3 Å². The van der Waals surface area contributed by atoms with Crippen LogP contribution in [0.4, 0.5) is 0 Å². The second-order valence-corrected chi connectivity index (χ2v) is 6.61. The molecule has 0 radical (unpaired) electrons. The zero-order valence-electron chi connectivity index (χ0n) is 15.5. The molecular weight excluding hydrogens is 352 g/mol. The molecule has 0 aliphatic rings. The van der Waals surface area contributed by atoms with Crippen molar-refractivity contribution >= 4 is 11.9 Å². The van der Waals surface area contributed by atoms with E-state index in [9.17, 15) is 9.59 Å². The van der Waals surface area contributed by atoms with E-state index in [2.05, 4.69) is 0 Å². The van der Waals surface area contributed by atoms with Gasteiger partial charge in [-0.1, -0.05) is 13.8 Å². The lowest BCUT2D eigenvalue weighted by Gasteiger charge is -2.23. The summed E-state index contributed by atoms with van der Waals surface area (Å²) in [5, 5.41) is 67.1. The van der Waals surface area contributed by atoms with Crippen molar-refractivity contribution in [1.82, 2.24) is 0 Å². The second kappa shape index (κ2) is 17.1. The summed E-state index contributed by atoms with van der Waals surface area (Å²) in [4.78, 5) is 19.8. The summed E-state index contributed by atoms with van der Waals surface area (Å²) < 4.78 is 0. The third kappa shape index (κ3) is 19.0. The molecule has 0 atom stereocenters. The van der Waals surface area contributed by atoms with Gasteiger partial charge in [-0.05, 0) is 12.8 Å². The normalized spacial score (nSPS) is 10.9. The zero-order chi connectivity index (χ0) is 21.2. The van der Waals surface area contributed by atoms with E-state index in [1.165, 1.54) is 0 Å². The fourth-order valence-electron chi connectivity index (χ4n) is 0.902. The van der Waals surface area contributed by atoms with Crippen molar-refractivity contribution in [2.24, 2.45) is 10.8 Å². The quantitative estimate of drug-likeness (QED) is 0.197. The maximum absolute atomic E-state index is 9.90. The summed E-state index contributed by atoms with van der Waals surface area (Å²) in [7, 11) is 0. The van der Waals surface area contributed by atoms with Crippen LogP contribution in [0.5, 0.6) is 0 Å². The molecule has 0 amide bonds. The summed E-state index contributed by atoms with van der Waals surface area (Å²) in [5.74, 6) is -1.74. The third-order valence-electron chi connectivity index (χ3n) is 3.23. The predicted octanol–water partition coefficient (Wildman–Crippen LogP) is -1.34. The van der Waals surface area contributed by atoms with Gasteiger partial charge in [-0.25, -0.2) is 0 Å². The van der Waals surface area contributed by atoms with Crippen LogP contribution in [0.1, 0.15) is 39.5 Å². The van der Waals surface area contributed by atoms with E-state index in [0.29, 0.717) is 12.8 Å². The molecule has 0 aliphatic heterocycles. The Labute approximate surface area is 153 Å². The van der Waals surface area contributed by atoms with Gasteiger partial charge in [-0.3, -0.25) is 9.59 Å². The van der Waals surface area contributed by atoms with Gasteiger partial charge in [-0.2, -0.15) is 0 Å². The monoisotopic (exact) mass is 386 g/mol. The Balaban J connectivity index is -0.000000310. The van der Waals surface area contributed by atoms with Gasteiger partial charge < -0.3 is 40.9 Å². The third-order valence-corrected chi connectivity index (χ3v) is 3.23. The standard InChI is InChI=1S/C6H10O4.C5H12O4.C5H12O2/c7-5(8)3-1-2-4-6(9)10;6-1-5(2-7,3-8)4-9;1-5(2,3-6)4-7/h1-4H2,(H,7,8)(H,9,10);6-9H,1-4H2;6-7H,3-4H2,1-2H3. The molecule has 0 bridgehead atoms. The van der Waals surface area contributed by atoms with Gasteiger partial charge >= 0.3 is 11.9 Å². The molecule has 0 fully saturated rings. The average Bonchev–Trinajstić information content (AvgIpc) is 2.62. The average molecular weight is 386 g/mol. The molecule has 0 rings (SSSR count). The Hall–Kier alpha value is -1.30. The van der Waals surface area contributed by atoms with Crippen LogP contribution >= 0.6 is 0 Å². The molecular formula is C16H34O10. The maximum atomic E-state index is 9.90. The first-order valence-electron chi connectivity index (χ1n) is 8.08. The first-order valence-corrected chi connectivity index (χ1v) is 8.08. The molecule has 0 saturated heterocycles. The molecule has 0 spiro atoms. The Bertz CT molecular complexity index is 313. The molecule has 0 aromatic heterocycles. The van der Waals surface area contributed by atoms with Gasteiger partial charge in [-0.15, -0.1) is 0 Å². The van der Waals surface area contributed by atoms with Crippen molar-refractivity contribution in [1.29, 1.82) is 0 Å². The number of unbranched alkanes of at least 4 members (excludes halogenated alkanes) is 1. The Morgan fingerprint density at radius 1 is 0.615 bits per heavy atom. The number of aliphatic hydroxyl groups excluding tert-OH is 6. The highest BCUT2D eigenvalue weighted by Crippen LogP contribution is 2.12. The fraction of sp³-hybridized carbons (Fsp3) is 0.875. The van der Waals surface area contributed by atoms with E-state index < -0.39 is 43.8 Å². The summed E-state index contributed by atoms with van der Waals surface area (Å²) in [6.45, 7) is 2.06. The fourth-order valence-corrected chi connectivity index (χ4v) is 0.902. The minimum atomic E-state index is -1.11. The minimum Gasteiger partial charge on any atom is -0.481 e. The van der Waals surface area contributed by atoms with Crippen LogP contribution in [0.2, 0.25) is 0 Å². The SMILES string of the molecule is CC(C)(CO)CO.O=C(O)CCCCC(=O)O.OCC(CO)(CO)CO. The van der Waals surface area contributed by atoms with Gasteiger partial charge in [0.2, 0.25) is 0 Å². The van der Waals surface area contributed by atoms with E-state index in [-0.39, 0.29) is 31.5 Å². The van der Waals surface area contributed by atoms with Crippen LogP contribution in [0.15, 0.2) is 0 Å². The number of aliphatic carboxylic acids is 2. The number of hydrogen-bond donors (Lipinski definition) is 8. The minimum absolute atomic E-state index is 0.0451. The molecule has 0 unspecified atom stereocenters. The summed E-state index contributed by atoms with van der Waals surface area (Å²) in [6, 6.07) is 0. The lowest BCUT2D eigenvalue weighted by Crippen LogP contribution is -2.37. The van der Waals surface area contributed by atoms with Crippen LogP contribution in [-0.2, 0) is 9.59 Å². The van der Waals surface area contributed by atoms with E-state index in [0.717, 1.165) is 0 Å². The molecule has 0 aromatic rings. The number of carbonyl (C=O) groups is 2. The maximum Gasteiger partial charge on any atom is 0.303 e. The van der Waals surface area contributed by atoms with Gasteiger partial charge in [0.1, 0.15) is 0 Å². The van der Waals surface area contributed by atoms with Crippen molar-refractivity contribution in [3.05, 3.63) is 0 Å². The number of carboxylic acids is 2. The van der Waals surface area contributed by atoms with Crippen LogP contribution in [0.25, 0.3) is 0 Å². The van der Waals surface area contributed by atoms with E-state index >= 15 is 0 Å². The summed E-state index contributed by atoms with van der Waals surface area (Å²) in [5.41, 5.74) is -1.42. The van der Waals surface area contributed by atoms with Crippen molar-refractivity contribution in [3.8, 4) is 0 Å². The van der Waals surface area contributed by atoms with Gasteiger partial charge in [0.25, 0.3) is 0 Å².